The molecular formula is C17H23N3O5S. The normalized spacial score (nSPS) is 12.2. The summed E-state index contributed by atoms with van der Waals surface area (Å²) in [5.74, 6) is 1.41. The van der Waals surface area contributed by atoms with E-state index in [2.05, 4.69) is 4.72 Å². The molecule has 0 atom stereocenters. The smallest absolute Gasteiger partial charge is 0.293 e. The summed E-state index contributed by atoms with van der Waals surface area (Å²) in [6.07, 6.45) is 0. The van der Waals surface area contributed by atoms with Gasteiger partial charge in [0.05, 0.1) is 16.4 Å². The zero-order valence-corrected chi connectivity index (χ0v) is 16.3. The Kier molecular flexibility index (Phi) is 5.43. The highest BCUT2D eigenvalue weighted by molar-refractivity contribution is 7.89. The van der Waals surface area contributed by atoms with Crippen LogP contribution in [-0.2, 0) is 16.6 Å². The van der Waals surface area contributed by atoms with Gasteiger partial charge >= 0.3 is 0 Å². The van der Waals surface area contributed by atoms with E-state index in [1.165, 1.54) is 12.1 Å². The molecule has 8 nitrogen and oxygen atoms in total. The third kappa shape index (κ3) is 4.83. The van der Waals surface area contributed by atoms with Crippen molar-refractivity contribution in [3.63, 3.8) is 0 Å². The number of nitrogens with one attached hydrogen (secondary N) is 1. The van der Waals surface area contributed by atoms with Crippen molar-refractivity contribution < 1.29 is 17.8 Å². The summed E-state index contributed by atoms with van der Waals surface area (Å²) in [5.41, 5.74) is -0.674. The van der Waals surface area contributed by atoms with Crippen LogP contribution in [0.2, 0.25) is 0 Å². The number of anilines is 1. The van der Waals surface area contributed by atoms with Gasteiger partial charge in [0.25, 0.3) is 5.69 Å². The van der Waals surface area contributed by atoms with E-state index in [1.54, 1.807) is 38.8 Å². The molecule has 142 valence electrons. The average molecular weight is 381 g/mol. The van der Waals surface area contributed by atoms with Gasteiger partial charge in [0.2, 0.25) is 10.0 Å². The molecule has 2 aromatic rings. The second kappa shape index (κ2) is 7.08. The van der Waals surface area contributed by atoms with Crippen LogP contribution in [0.5, 0.6) is 0 Å². The molecule has 1 aromatic heterocycles. The van der Waals surface area contributed by atoms with Crippen molar-refractivity contribution in [2.24, 2.45) is 0 Å². The average Bonchev–Trinajstić information content (AvgIpc) is 2.89. The van der Waals surface area contributed by atoms with Crippen LogP contribution in [0.15, 0.2) is 39.6 Å². The molecule has 0 spiro atoms. The van der Waals surface area contributed by atoms with Crippen LogP contribution in [0.1, 0.15) is 32.3 Å². The lowest BCUT2D eigenvalue weighted by molar-refractivity contribution is -0.384. The molecule has 1 N–H and O–H groups in total. The number of hydrogen-bond donors (Lipinski definition) is 1. The van der Waals surface area contributed by atoms with Crippen LogP contribution >= 0.6 is 0 Å². The molecule has 0 unspecified atom stereocenters. The number of furan rings is 1. The molecule has 0 fully saturated rings. The molecular weight excluding hydrogens is 358 g/mol. The molecule has 1 heterocycles. The highest BCUT2D eigenvalue weighted by Gasteiger charge is 2.26. The minimum absolute atomic E-state index is 0.148. The second-order valence-electron chi connectivity index (χ2n) is 7.13. The number of benzene rings is 1. The molecule has 0 aliphatic rings. The standard InChI is InChI=1S/C17H23N3O5S/c1-12-6-7-13(25-12)11-19(5)15-9-8-14(10-16(15)20(21)22)26(23,24)18-17(2,3)4/h6-10,18H,11H2,1-5H3. The maximum absolute atomic E-state index is 12.4. The fourth-order valence-corrected chi connectivity index (χ4v) is 3.93. The summed E-state index contributed by atoms with van der Waals surface area (Å²) in [5, 5.41) is 11.5. The van der Waals surface area contributed by atoms with Crippen molar-refractivity contribution >= 4 is 21.4 Å². The van der Waals surface area contributed by atoms with Crippen molar-refractivity contribution in [1.82, 2.24) is 4.72 Å². The lowest BCUT2D eigenvalue weighted by Crippen LogP contribution is -2.40. The van der Waals surface area contributed by atoms with Crippen molar-refractivity contribution in [2.45, 2.75) is 44.7 Å². The topological polar surface area (TPSA) is 106 Å². The van der Waals surface area contributed by atoms with Gasteiger partial charge in [0, 0.05) is 18.7 Å². The molecule has 0 amide bonds. The number of sulfonamides is 1. The van der Waals surface area contributed by atoms with Gasteiger partial charge in [-0.25, -0.2) is 13.1 Å². The molecule has 0 aliphatic carbocycles. The zero-order chi connectivity index (χ0) is 19.7. The van der Waals surface area contributed by atoms with Gasteiger partial charge in [0.1, 0.15) is 17.2 Å². The lowest BCUT2D eigenvalue weighted by Gasteiger charge is -2.21. The predicted molar refractivity (Wildman–Crippen MR) is 98.7 cm³/mol. The SMILES string of the molecule is Cc1ccc(CN(C)c2ccc(S(=O)(=O)NC(C)(C)C)cc2[N+](=O)[O-])o1. The molecule has 26 heavy (non-hydrogen) atoms. The number of aryl methyl sites for hydroxylation is 1. The van der Waals surface area contributed by atoms with Crippen LogP contribution in [0.25, 0.3) is 0 Å². The van der Waals surface area contributed by atoms with Crippen LogP contribution < -0.4 is 9.62 Å². The van der Waals surface area contributed by atoms with E-state index >= 15 is 0 Å². The fourth-order valence-electron chi connectivity index (χ4n) is 2.49. The van der Waals surface area contributed by atoms with E-state index in [1.807, 2.05) is 13.0 Å². The van der Waals surface area contributed by atoms with Crippen molar-refractivity contribution in [2.75, 3.05) is 11.9 Å². The first-order valence-electron chi connectivity index (χ1n) is 7.98. The van der Waals surface area contributed by atoms with Gasteiger partial charge in [-0.15, -0.1) is 0 Å². The summed E-state index contributed by atoms with van der Waals surface area (Å²) in [7, 11) is -2.18. The third-order valence-electron chi connectivity index (χ3n) is 3.49. The Balaban J connectivity index is 2.38. The highest BCUT2D eigenvalue weighted by Crippen LogP contribution is 2.31. The Bertz CT molecular complexity index is 913. The van der Waals surface area contributed by atoms with Crippen molar-refractivity contribution in [3.05, 3.63) is 52.0 Å². The lowest BCUT2D eigenvalue weighted by atomic mass is 10.1. The first-order chi connectivity index (χ1) is 11.9. The largest absolute Gasteiger partial charge is 0.464 e. The van der Waals surface area contributed by atoms with Crippen molar-refractivity contribution in [3.8, 4) is 0 Å². The van der Waals surface area contributed by atoms with E-state index in [0.29, 0.717) is 18.0 Å². The Hall–Kier alpha value is -2.39. The number of nitro benzene ring substituents is 1. The predicted octanol–water partition coefficient (Wildman–Crippen LogP) is 3.21. The molecule has 2 rings (SSSR count). The zero-order valence-electron chi connectivity index (χ0n) is 15.4. The van der Waals surface area contributed by atoms with E-state index in [4.69, 9.17) is 4.42 Å². The molecule has 0 aliphatic heterocycles. The van der Waals surface area contributed by atoms with Gasteiger partial charge in [0.15, 0.2) is 0 Å². The second-order valence-corrected chi connectivity index (χ2v) is 8.81. The van der Waals surface area contributed by atoms with Gasteiger partial charge in [-0.3, -0.25) is 10.1 Å². The summed E-state index contributed by atoms with van der Waals surface area (Å²) in [6.45, 7) is 7.24. The van der Waals surface area contributed by atoms with E-state index in [-0.39, 0.29) is 10.6 Å². The molecule has 0 bridgehead atoms. The van der Waals surface area contributed by atoms with Crippen LogP contribution in [-0.4, -0.2) is 25.9 Å². The Morgan fingerprint density at radius 2 is 1.88 bits per heavy atom. The summed E-state index contributed by atoms with van der Waals surface area (Å²) in [4.78, 5) is 12.4. The maximum atomic E-state index is 12.4. The van der Waals surface area contributed by atoms with Crippen LogP contribution in [0.3, 0.4) is 0 Å². The minimum Gasteiger partial charge on any atom is -0.464 e. The quantitative estimate of drug-likeness (QED) is 0.608. The van der Waals surface area contributed by atoms with E-state index in [9.17, 15) is 18.5 Å². The summed E-state index contributed by atoms with van der Waals surface area (Å²) in [6, 6.07) is 7.48. The van der Waals surface area contributed by atoms with Gasteiger partial charge in [-0.2, -0.15) is 0 Å². The van der Waals surface area contributed by atoms with Gasteiger partial charge < -0.3 is 9.32 Å². The summed E-state index contributed by atoms with van der Waals surface area (Å²) >= 11 is 0. The molecule has 0 saturated heterocycles. The minimum atomic E-state index is -3.86. The Morgan fingerprint density at radius 1 is 1.23 bits per heavy atom. The Labute approximate surface area is 153 Å². The van der Waals surface area contributed by atoms with Gasteiger partial charge in [-0.05, 0) is 52.0 Å². The van der Waals surface area contributed by atoms with Crippen LogP contribution in [0.4, 0.5) is 11.4 Å². The monoisotopic (exact) mass is 381 g/mol. The first kappa shape index (κ1) is 19.9. The van der Waals surface area contributed by atoms with E-state index in [0.717, 1.165) is 11.8 Å². The third-order valence-corrected chi connectivity index (χ3v) is 5.25. The number of nitro groups is 1. The highest BCUT2D eigenvalue weighted by atomic mass is 32.2. The van der Waals surface area contributed by atoms with E-state index < -0.39 is 20.5 Å². The molecule has 0 saturated carbocycles. The molecule has 9 heteroatoms. The first-order valence-corrected chi connectivity index (χ1v) is 9.46. The van der Waals surface area contributed by atoms with Crippen molar-refractivity contribution in [1.29, 1.82) is 0 Å². The molecule has 0 radical (unpaired) electrons. The fraction of sp³-hybridized carbons (Fsp3) is 0.412. The Morgan fingerprint density at radius 3 is 2.38 bits per heavy atom. The van der Waals surface area contributed by atoms with Gasteiger partial charge in [-0.1, -0.05) is 0 Å². The number of nitrogens with zero attached hydrogens (tertiary/aromatic N) is 2. The summed E-state index contributed by atoms with van der Waals surface area (Å²) < 4.78 is 32.9. The van der Waals surface area contributed by atoms with Crippen LogP contribution in [0, 0.1) is 17.0 Å². The number of hydrogen-bond acceptors (Lipinski definition) is 6. The number of rotatable bonds is 6. The molecule has 1 aromatic carbocycles. The maximum Gasteiger partial charge on any atom is 0.293 e.